The minimum absolute atomic E-state index is 0.00652. The third kappa shape index (κ3) is 6.60. The Kier molecular flexibility index (Phi) is 9.16. The zero-order valence-electron chi connectivity index (χ0n) is 28.0. The molecule has 7 rings (SSSR count). The lowest BCUT2D eigenvalue weighted by Gasteiger charge is -2.13. The average Bonchev–Trinajstić information content (AvgIpc) is 3.82. The van der Waals surface area contributed by atoms with Crippen LogP contribution in [0.25, 0.3) is 55.3 Å². The van der Waals surface area contributed by atoms with Crippen LogP contribution in [0, 0.1) is 10.8 Å². The molecule has 0 radical (unpaired) electrons. The molecule has 0 aliphatic carbocycles. The van der Waals surface area contributed by atoms with Crippen LogP contribution >= 0.6 is 0 Å². The quantitative estimate of drug-likeness (QED) is 0.0769. The van der Waals surface area contributed by atoms with Crippen LogP contribution in [0.2, 0.25) is 0 Å². The van der Waals surface area contributed by atoms with E-state index in [1.165, 1.54) is 11.6 Å². The summed E-state index contributed by atoms with van der Waals surface area (Å²) in [7, 11) is 0. The van der Waals surface area contributed by atoms with Gasteiger partial charge in [-0.15, -0.1) is 0 Å². The molecule has 5 aromatic carbocycles. The number of nitrogens with one attached hydrogen (secondary N) is 4. The van der Waals surface area contributed by atoms with E-state index in [-0.39, 0.29) is 18.2 Å². The van der Waals surface area contributed by atoms with E-state index in [1.807, 2.05) is 43.3 Å². The number of aromatic amines is 2. The smallest absolute Gasteiger partial charge is 0.353 e. The summed E-state index contributed by atoms with van der Waals surface area (Å²) in [6.07, 6.45) is 4.58. The molecular formula is C42H38N6O2. The van der Waals surface area contributed by atoms with Gasteiger partial charge in [-0.3, -0.25) is 5.41 Å². The molecule has 0 aliphatic rings. The number of aromatic nitrogens is 4. The zero-order valence-corrected chi connectivity index (χ0v) is 28.0. The third-order valence-corrected chi connectivity index (χ3v) is 9.31. The second-order valence-electron chi connectivity index (χ2n) is 12.5. The van der Waals surface area contributed by atoms with Crippen LogP contribution in [0.5, 0.6) is 0 Å². The maximum atomic E-state index is 12.7. The minimum Gasteiger partial charge on any atom is -0.456 e. The van der Waals surface area contributed by atoms with Crippen LogP contribution in [0.1, 0.15) is 55.7 Å². The maximum absolute atomic E-state index is 12.7. The van der Waals surface area contributed by atoms with E-state index in [0.717, 1.165) is 67.7 Å². The second kappa shape index (κ2) is 14.1. The largest absolute Gasteiger partial charge is 0.456 e. The first-order chi connectivity index (χ1) is 24.4. The molecule has 2 aromatic heterocycles. The van der Waals surface area contributed by atoms with Gasteiger partial charge in [0.15, 0.2) is 0 Å². The fourth-order valence-corrected chi connectivity index (χ4v) is 6.36. The van der Waals surface area contributed by atoms with Gasteiger partial charge in [0, 0.05) is 6.21 Å². The molecule has 0 aliphatic heterocycles. The van der Waals surface area contributed by atoms with E-state index in [4.69, 9.17) is 20.5 Å². The second-order valence-corrected chi connectivity index (χ2v) is 12.5. The van der Waals surface area contributed by atoms with Crippen molar-refractivity contribution in [3.63, 3.8) is 0 Å². The summed E-state index contributed by atoms with van der Waals surface area (Å²) in [4.78, 5) is 28.7. The molecule has 1 unspecified atom stereocenters. The van der Waals surface area contributed by atoms with Gasteiger partial charge in [-0.05, 0) is 81.3 Å². The number of rotatable bonds is 12. The molecule has 0 saturated carbocycles. The summed E-state index contributed by atoms with van der Waals surface area (Å²) in [6.45, 7) is 4.12. The Morgan fingerprint density at radius 1 is 0.760 bits per heavy atom. The first kappa shape index (κ1) is 32.4. The maximum Gasteiger partial charge on any atom is 0.353 e. The van der Waals surface area contributed by atoms with Gasteiger partial charge in [0.05, 0.1) is 34.8 Å². The molecule has 50 heavy (non-hydrogen) atoms. The van der Waals surface area contributed by atoms with Gasteiger partial charge in [-0.1, -0.05) is 98.8 Å². The lowest BCUT2D eigenvalue weighted by atomic mass is 9.97. The van der Waals surface area contributed by atoms with Crippen LogP contribution in [0.4, 0.5) is 0 Å². The highest BCUT2D eigenvalue weighted by Gasteiger charge is 2.25. The van der Waals surface area contributed by atoms with Crippen LogP contribution in [-0.4, -0.2) is 37.8 Å². The van der Waals surface area contributed by atoms with Crippen LogP contribution in [0.3, 0.4) is 0 Å². The number of fused-ring (bicyclic) bond motifs is 2. The Morgan fingerprint density at radius 3 is 2.12 bits per heavy atom. The molecule has 8 heteroatoms. The summed E-state index contributed by atoms with van der Waals surface area (Å²) < 4.78 is 5.41. The van der Waals surface area contributed by atoms with Crippen LogP contribution in [-0.2, 0) is 16.1 Å². The van der Waals surface area contributed by atoms with Crippen molar-refractivity contribution in [3.05, 3.63) is 133 Å². The topological polar surface area (TPSA) is 131 Å². The molecule has 2 heterocycles. The molecule has 2 atom stereocenters. The SMILES string of the molecule is CCC(C(=N)C(=O)OCc1ccccc1)c1ncc(-c2ccc(-c3ccc4ccc(-c5ccc6nc([C@H](C=N)CC)[nH]c6c5)cc4c3)cc2)[nH]1. The number of hydrogen-bond acceptors (Lipinski definition) is 6. The third-order valence-electron chi connectivity index (χ3n) is 9.31. The summed E-state index contributed by atoms with van der Waals surface area (Å²) >= 11 is 0. The normalized spacial score (nSPS) is 12.5. The van der Waals surface area contributed by atoms with Crippen LogP contribution in [0.15, 0.2) is 115 Å². The standard InChI is InChI=1S/C42H38N6O2/c1-3-27(23-43)40-46-36-19-18-33(22-37(36)47-40)32-17-13-29-12-16-31(20-34(29)21-32)28-10-14-30(15-11-28)38-24-45-41(48-38)35(4-2)39(44)42(49)50-25-26-8-6-5-7-9-26/h5-24,27,35,43-44H,3-4,25H2,1-2H3,(H,45,48)(H,46,47)/t27-,35?/m0/s1. The van der Waals surface area contributed by atoms with Gasteiger partial charge < -0.3 is 20.1 Å². The fraction of sp³-hybridized carbons (Fsp3) is 0.167. The van der Waals surface area contributed by atoms with Gasteiger partial charge in [-0.25, -0.2) is 14.8 Å². The van der Waals surface area contributed by atoms with E-state index in [1.54, 1.807) is 6.20 Å². The minimum atomic E-state index is -0.636. The molecule has 0 amide bonds. The fourth-order valence-electron chi connectivity index (χ4n) is 6.36. The summed E-state index contributed by atoms with van der Waals surface area (Å²) in [5, 5.41) is 18.6. The van der Waals surface area contributed by atoms with Gasteiger partial charge >= 0.3 is 5.97 Å². The van der Waals surface area contributed by atoms with E-state index in [9.17, 15) is 4.79 Å². The van der Waals surface area contributed by atoms with E-state index in [0.29, 0.717) is 12.2 Å². The Hall–Kier alpha value is -6.15. The van der Waals surface area contributed by atoms with Crippen molar-refractivity contribution < 1.29 is 9.53 Å². The van der Waals surface area contributed by atoms with Crippen molar-refractivity contribution in [3.8, 4) is 33.5 Å². The van der Waals surface area contributed by atoms with Gasteiger partial charge in [0.2, 0.25) is 0 Å². The first-order valence-corrected chi connectivity index (χ1v) is 16.9. The van der Waals surface area contributed by atoms with Crippen molar-refractivity contribution >= 4 is 39.7 Å². The number of carbonyl (C=O) groups is 1. The summed E-state index contributed by atoms with van der Waals surface area (Å²) in [5.74, 6) is 0.269. The monoisotopic (exact) mass is 658 g/mol. The number of hydrogen-bond donors (Lipinski definition) is 4. The van der Waals surface area contributed by atoms with Crippen molar-refractivity contribution in [2.75, 3.05) is 0 Å². The molecule has 0 fully saturated rings. The number of H-pyrrole nitrogens is 2. The molecule has 0 spiro atoms. The van der Waals surface area contributed by atoms with Gasteiger partial charge in [-0.2, -0.15) is 0 Å². The number of esters is 1. The van der Waals surface area contributed by atoms with E-state index < -0.39 is 11.9 Å². The van der Waals surface area contributed by atoms with E-state index >= 15 is 0 Å². The zero-order chi connectivity index (χ0) is 34.6. The van der Waals surface area contributed by atoms with E-state index in [2.05, 4.69) is 94.7 Å². The average molecular weight is 659 g/mol. The molecule has 0 saturated heterocycles. The Bertz CT molecular complexity index is 2320. The molecule has 4 N–H and O–H groups in total. The number of nitrogens with zero attached hydrogens (tertiary/aromatic N) is 2. The molecule has 7 aromatic rings. The highest BCUT2D eigenvalue weighted by molar-refractivity contribution is 6.37. The summed E-state index contributed by atoms with van der Waals surface area (Å²) in [5.41, 5.74) is 8.88. The predicted molar refractivity (Wildman–Crippen MR) is 201 cm³/mol. The van der Waals surface area contributed by atoms with Gasteiger partial charge in [0.25, 0.3) is 0 Å². The van der Waals surface area contributed by atoms with Crippen molar-refractivity contribution in [1.29, 1.82) is 10.8 Å². The lowest BCUT2D eigenvalue weighted by Crippen LogP contribution is -2.24. The van der Waals surface area contributed by atoms with Crippen LogP contribution < -0.4 is 0 Å². The van der Waals surface area contributed by atoms with Gasteiger partial charge in [0.1, 0.15) is 24.0 Å². The number of benzene rings is 5. The Labute approximate surface area is 290 Å². The highest BCUT2D eigenvalue weighted by Crippen LogP contribution is 2.32. The predicted octanol–water partition coefficient (Wildman–Crippen LogP) is 9.84. The van der Waals surface area contributed by atoms with Crippen molar-refractivity contribution in [1.82, 2.24) is 19.9 Å². The Morgan fingerprint density at radius 2 is 1.42 bits per heavy atom. The van der Waals surface area contributed by atoms with Crippen molar-refractivity contribution in [2.45, 2.75) is 45.1 Å². The Balaban J connectivity index is 1.07. The molecule has 248 valence electrons. The number of carbonyl (C=O) groups excluding carboxylic acids is 1. The molecular weight excluding hydrogens is 621 g/mol. The van der Waals surface area contributed by atoms with Crippen molar-refractivity contribution in [2.24, 2.45) is 0 Å². The summed E-state index contributed by atoms with van der Waals surface area (Å²) in [6, 6.07) is 37.1. The molecule has 0 bridgehead atoms. The highest BCUT2D eigenvalue weighted by atomic mass is 16.5. The molecule has 8 nitrogen and oxygen atoms in total. The first-order valence-electron chi connectivity index (χ1n) is 16.9. The number of imidazole rings is 2. The lowest BCUT2D eigenvalue weighted by molar-refractivity contribution is -0.137. The number of ether oxygens (including phenoxy) is 1.